The second-order valence-electron chi connectivity index (χ2n) is 16.9. The average molecular weight is 879 g/mol. The molecule has 2 amide bonds. The highest BCUT2D eigenvalue weighted by Crippen LogP contribution is 2.35. The van der Waals surface area contributed by atoms with Crippen molar-refractivity contribution in [3.8, 4) is 23.0 Å². The van der Waals surface area contributed by atoms with Gasteiger partial charge in [0.25, 0.3) is 0 Å². The Morgan fingerprint density at radius 2 is 1.62 bits per heavy atom. The molecule has 18 heteroatoms. The van der Waals surface area contributed by atoms with E-state index in [0.29, 0.717) is 33.9 Å². The Hall–Kier alpha value is -5.61. The van der Waals surface area contributed by atoms with E-state index in [0.717, 1.165) is 69.3 Å². The third-order valence-electron chi connectivity index (χ3n) is 12.0. The zero-order valence-corrected chi connectivity index (χ0v) is 35.2. The number of benzene rings is 2. The molecule has 0 spiro atoms. The van der Waals surface area contributed by atoms with Crippen LogP contribution in [-0.2, 0) is 27.2 Å². The number of fused-ring (bicyclic) bond motifs is 2. The Morgan fingerprint density at radius 1 is 0.952 bits per heavy atom. The first kappa shape index (κ1) is 45.4. The van der Waals surface area contributed by atoms with E-state index >= 15 is 8.78 Å². The molecular formula is C45H51F5N8O5. The molecule has 3 saturated heterocycles. The van der Waals surface area contributed by atoms with Crippen molar-refractivity contribution in [2.45, 2.75) is 82.5 Å². The van der Waals surface area contributed by atoms with Gasteiger partial charge in [-0.2, -0.15) is 13.9 Å². The number of anilines is 1. The Morgan fingerprint density at radius 3 is 2.19 bits per heavy atom. The Bertz CT molecular complexity index is 2240. The van der Waals surface area contributed by atoms with Crippen LogP contribution >= 0.6 is 0 Å². The van der Waals surface area contributed by atoms with Crippen LogP contribution < -0.4 is 20.9 Å². The standard InChI is InChI=1S/C45H51F5N8O5/c1-45(2,26-46)41(55-44(61)62-3)42(60)54-38(39(59)20-51-19-35-36(47)15-30(16-37(35)48)31-18-53-57(21-31)43(49)50)14-28-7-4-27(5-8-28)6-9-29-10-13-40(52-17-29)56-22-32-11-12-33(23-56)58(32)34-24-63-25-34/h4-5,7-8,10,13,15-18,21,32-34,38-39,41,43,51,59H,11-12,14,19-20,22-26H2,1-3H3,(H,54,60)(H,55,61)/t32?,33?,38-,39-,41+/m0/s1. The van der Waals surface area contributed by atoms with Gasteiger partial charge < -0.3 is 35.4 Å². The minimum absolute atomic E-state index is 0.00411. The number of alkyl halides is 3. The van der Waals surface area contributed by atoms with Gasteiger partial charge in [-0.1, -0.05) is 37.8 Å². The number of carbonyl (C=O) groups is 2. The van der Waals surface area contributed by atoms with Gasteiger partial charge in [-0.25, -0.2) is 23.2 Å². The predicted octanol–water partition coefficient (Wildman–Crippen LogP) is 4.97. The highest BCUT2D eigenvalue weighted by Gasteiger charge is 2.45. The molecule has 0 aliphatic carbocycles. The van der Waals surface area contributed by atoms with Crippen molar-refractivity contribution in [1.82, 2.24) is 35.6 Å². The summed E-state index contributed by atoms with van der Waals surface area (Å²) in [5, 5.41) is 22.8. The summed E-state index contributed by atoms with van der Waals surface area (Å²) in [5.41, 5.74) is 0.475. The van der Waals surface area contributed by atoms with E-state index in [4.69, 9.17) is 9.72 Å². The van der Waals surface area contributed by atoms with Crippen LogP contribution in [0.3, 0.4) is 0 Å². The molecule has 5 heterocycles. The summed E-state index contributed by atoms with van der Waals surface area (Å²) >= 11 is 0. The average Bonchev–Trinajstić information content (AvgIpc) is 3.84. The Balaban J connectivity index is 1.01. The molecule has 0 saturated carbocycles. The van der Waals surface area contributed by atoms with E-state index in [1.54, 1.807) is 30.5 Å². The zero-order chi connectivity index (χ0) is 44.8. The second kappa shape index (κ2) is 19.8. The number of aliphatic hydroxyl groups excluding tert-OH is 1. The van der Waals surface area contributed by atoms with Crippen LogP contribution in [0.2, 0.25) is 0 Å². The highest BCUT2D eigenvalue weighted by atomic mass is 19.3. The second-order valence-corrected chi connectivity index (χ2v) is 16.9. The molecule has 2 unspecified atom stereocenters. The maximum absolute atomic E-state index is 15.1. The number of nitrogens with zero attached hydrogens (tertiary/aromatic N) is 5. The van der Waals surface area contributed by atoms with Gasteiger partial charge in [0.15, 0.2) is 0 Å². The van der Waals surface area contributed by atoms with Gasteiger partial charge in [-0.15, -0.1) is 0 Å². The summed E-state index contributed by atoms with van der Waals surface area (Å²) in [5.74, 6) is 4.52. The number of hydrogen-bond donors (Lipinski definition) is 4. The number of nitrogens with one attached hydrogen (secondary N) is 3. The fraction of sp³-hybridized carbons (Fsp3) is 0.467. The SMILES string of the molecule is COC(=O)N[C@H](C(=O)N[C@@H](Cc1ccc(C#Cc2ccc(N3CC4CCC(C3)N4C3COC3)nc2)cc1)[C@@H](O)CNCc1c(F)cc(-c2cnn(C(F)F)c2)cc1F)C(C)(C)CF. The molecule has 336 valence electrons. The number of pyridine rings is 1. The number of carbonyl (C=O) groups excluding carboxylic acids is 2. The van der Waals surface area contributed by atoms with Crippen molar-refractivity contribution < 1.29 is 46.1 Å². The van der Waals surface area contributed by atoms with Gasteiger partial charge in [0.1, 0.15) is 23.5 Å². The van der Waals surface area contributed by atoms with Crippen molar-refractivity contribution >= 4 is 17.8 Å². The molecule has 63 heavy (non-hydrogen) atoms. The fourth-order valence-corrected chi connectivity index (χ4v) is 8.32. The highest BCUT2D eigenvalue weighted by molar-refractivity contribution is 5.86. The summed E-state index contributed by atoms with van der Waals surface area (Å²) in [6.45, 7) is 1.86. The van der Waals surface area contributed by atoms with Gasteiger partial charge in [0.2, 0.25) is 5.91 Å². The first-order valence-electron chi connectivity index (χ1n) is 20.8. The molecule has 2 bridgehead atoms. The molecule has 5 atom stereocenters. The minimum Gasteiger partial charge on any atom is -0.453 e. The number of rotatable bonds is 16. The van der Waals surface area contributed by atoms with Crippen LogP contribution in [0.25, 0.3) is 11.1 Å². The third-order valence-corrected chi connectivity index (χ3v) is 12.0. The van der Waals surface area contributed by atoms with Crippen LogP contribution in [0, 0.1) is 28.9 Å². The number of alkyl carbamates (subject to hydrolysis) is 1. The normalized spacial score (nSPS) is 19.2. The van der Waals surface area contributed by atoms with Gasteiger partial charge in [-0.05, 0) is 66.8 Å². The number of aromatic nitrogens is 3. The molecule has 0 radical (unpaired) electrons. The molecule has 3 fully saturated rings. The number of piperazine rings is 1. The molecule has 3 aliphatic heterocycles. The Kier molecular flexibility index (Phi) is 14.3. The predicted molar refractivity (Wildman–Crippen MR) is 223 cm³/mol. The molecule has 3 aliphatic rings. The van der Waals surface area contributed by atoms with Gasteiger partial charge in [0.05, 0.1) is 51.4 Å². The molecule has 2 aromatic heterocycles. The first-order valence-corrected chi connectivity index (χ1v) is 20.8. The van der Waals surface area contributed by atoms with Crippen molar-refractivity contribution in [2.75, 3.05) is 51.5 Å². The van der Waals surface area contributed by atoms with E-state index in [1.807, 2.05) is 12.1 Å². The summed E-state index contributed by atoms with van der Waals surface area (Å²) in [4.78, 5) is 35.6. The topological polar surface area (TPSA) is 146 Å². The fourth-order valence-electron chi connectivity index (χ4n) is 8.32. The van der Waals surface area contributed by atoms with Crippen LogP contribution in [0.15, 0.2) is 67.1 Å². The summed E-state index contributed by atoms with van der Waals surface area (Å²) in [7, 11) is 1.10. The largest absolute Gasteiger partial charge is 0.453 e. The lowest BCUT2D eigenvalue weighted by atomic mass is 9.85. The van der Waals surface area contributed by atoms with Crippen molar-refractivity contribution in [3.05, 3.63) is 101 Å². The number of methoxy groups -OCH3 is 1. The van der Waals surface area contributed by atoms with Gasteiger partial charge in [-0.3, -0.25) is 14.1 Å². The van der Waals surface area contributed by atoms with Gasteiger partial charge >= 0.3 is 12.6 Å². The number of amides is 2. The van der Waals surface area contributed by atoms with Crippen LogP contribution in [-0.4, -0.2) is 120 Å². The molecule has 4 N–H and O–H groups in total. The van der Waals surface area contributed by atoms with E-state index in [1.165, 1.54) is 26.7 Å². The van der Waals surface area contributed by atoms with E-state index < -0.39 is 60.5 Å². The molecule has 13 nitrogen and oxygen atoms in total. The minimum atomic E-state index is -2.92. The molecular weight excluding hydrogens is 828 g/mol. The lowest BCUT2D eigenvalue weighted by molar-refractivity contribution is -0.127. The van der Waals surface area contributed by atoms with Crippen LogP contribution in [0.1, 0.15) is 55.5 Å². The number of hydrogen-bond acceptors (Lipinski definition) is 10. The molecule has 4 aromatic rings. The first-order chi connectivity index (χ1) is 30.2. The van der Waals surface area contributed by atoms with Crippen LogP contribution in [0.5, 0.6) is 0 Å². The summed E-state index contributed by atoms with van der Waals surface area (Å²) in [6, 6.07) is 12.2. The van der Waals surface area contributed by atoms with Crippen molar-refractivity contribution in [1.29, 1.82) is 0 Å². The van der Waals surface area contributed by atoms with E-state index in [-0.39, 0.29) is 36.2 Å². The number of ether oxygens (including phenoxy) is 2. The van der Waals surface area contributed by atoms with E-state index in [9.17, 15) is 27.9 Å². The number of halogens is 5. The molecule has 7 rings (SSSR count). The monoisotopic (exact) mass is 878 g/mol. The maximum atomic E-state index is 15.1. The van der Waals surface area contributed by atoms with E-state index in [2.05, 4.69) is 47.4 Å². The lowest BCUT2D eigenvalue weighted by Gasteiger charge is -2.47. The third kappa shape index (κ3) is 10.8. The van der Waals surface area contributed by atoms with Crippen molar-refractivity contribution in [3.63, 3.8) is 0 Å². The van der Waals surface area contributed by atoms with Crippen molar-refractivity contribution in [2.24, 2.45) is 5.41 Å². The maximum Gasteiger partial charge on any atom is 0.407 e. The Labute approximate surface area is 362 Å². The number of aliphatic hydroxyl groups is 1. The summed E-state index contributed by atoms with van der Waals surface area (Å²) < 4.78 is 80.9. The van der Waals surface area contributed by atoms with Crippen LogP contribution in [0.4, 0.5) is 32.6 Å². The lowest BCUT2D eigenvalue weighted by Crippen LogP contribution is -2.62. The van der Waals surface area contributed by atoms with Gasteiger partial charge in [0, 0.05) is 78.3 Å². The zero-order valence-electron chi connectivity index (χ0n) is 35.2. The molecule has 2 aromatic carbocycles. The quantitative estimate of drug-likeness (QED) is 0.0900. The smallest absolute Gasteiger partial charge is 0.407 e. The summed E-state index contributed by atoms with van der Waals surface area (Å²) in [6.07, 6.45) is 3.92.